The summed E-state index contributed by atoms with van der Waals surface area (Å²) in [5.74, 6) is 0.259. The van der Waals surface area contributed by atoms with Gasteiger partial charge in [-0.05, 0) is 48.0 Å². The Bertz CT molecular complexity index is 1270. The van der Waals surface area contributed by atoms with Crippen molar-refractivity contribution in [2.75, 3.05) is 7.11 Å². The van der Waals surface area contributed by atoms with Crippen molar-refractivity contribution in [2.45, 2.75) is 13.0 Å². The summed E-state index contributed by atoms with van der Waals surface area (Å²) in [5.41, 5.74) is 2.63. The van der Waals surface area contributed by atoms with Gasteiger partial charge in [-0.15, -0.1) is 0 Å². The number of hydrogen-bond acceptors (Lipinski definition) is 5. The Hall–Kier alpha value is -3.91. The van der Waals surface area contributed by atoms with Gasteiger partial charge >= 0.3 is 5.97 Å². The maximum Gasteiger partial charge on any atom is 0.340 e. The zero-order chi connectivity index (χ0) is 20.4. The van der Waals surface area contributed by atoms with Gasteiger partial charge in [0.15, 0.2) is 6.10 Å². The van der Waals surface area contributed by atoms with Crippen molar-refractivity contribution >= 4 is 27.6 Å². The van der Waals surface area contributed by atoms with E-state index in [1.165, 1.54) is 0 Å². The van der Waals surface area contributed by atoms with Crippen LogP contribution < -0.4 is 4.74 Å². The topological polar surface area (TPSA) is 72.2 Å². The quantitative estimate of drug-likeness (QED) is 0.457. The van der Waals surface area contributed by atoms with Gasteiger partial charge in [0.25, 0.3) is 0 Å². The summed E-state index contributed by atoms with van der Waals surface area (Å²) < 4.78 is 10.5. The number of carbonyl (C=O) groups is 1. The molecule has 0 aliphatic carbocycles. The highest BCUT2D eigenvalue weighted by atomic mass is 16.5. The first-order chi connectivity index (χ1) is 14.1. The number of para-hydroxylation sites is 1. The van der Waals surface area contributed by atoms with E-state index in [4.69, 9.17) is 19.7 Å². The lowest BCUT2D eigenvalue weighted by molar-refractivity contribution is 0.0438. The van der Waals surface area contributed by atoms with Crippen LogP contribution in [0.1, 0.15) is 17.3 Å². The van der Waals surface area contributed by atoms with Crippen LogP contribution in [0.5, 0.6) is 5.75 Å². The number of pyridine rings is 1. The third kappa shape index (κ3) is 3.61. The second-order valence-corrected chi connectivity index (χ2v) is 6.68. The van der Waals surface area contributed by atoms with Crippen molar-refractivity contribution in [3.05, 3.63) is 72.3 Å². The van der Waals surface area contributed by atoms with E-state index in [9.17, 15) is 4.79 Å². The molecule has 1 aromatic heterocycles. The SMILES string of the molecule is COc1ccc2cc(-c3cc(C(=O)O[C@H](C)C#N)c4ccccc4n3)ccc2c1. The summed E-state index contributed by atoms with van der Waals surface area (Å²) in [6.45, 7) is 1.54. The minimum atomic E-state index is -0.825. The molecule has 0 radical (unpaired) electrons. The minimum absolute atomic E-state index is 0.391. The molecule has 1 atom stereocenters. The first-order valence-corrected chi connectivity index (χ1v) is 9.17. The summed E-state index contributed by atoms with van der Waals surface area (Å²) >= 11 is 0. The van der Waals surface area contributed by atoms with Gasteiger partial charge in [-0.3, -0.25) is 0 Å². The molecule has 0 spiro atoms. The number of nitrogens with zero attached hydrogens (tertiary/aromatic N) is 2. The molecule has 5 heteroatoms. The summed E-state index contributed by atoms with van der Waals surface area (Å²) in [6, 6.07) is 22.9. The molecule has 3 aromatic carbocycles. The molecule has 0 aliphatic rings. The Morgan fingerprint density at radius 2 is 1.79 bits per heavy atom. The van der Waals surface area contributed by atoms with Crippen LogP contribution in [-0.4, -0.2) is 24.2 Å². The molecule has 1 heterocycles. The Balaban J connectivity index is 1.85. The highest BCUT2D eigenvalue weighted by Crippen LogP contribution is 2.29. The molecule has 0 fully saturated rings. The summed E-state index contributed by atoms with van der Waals surface area (Å²) in [7, 11) is 1.64. The van der Waals surface area contributed by atoms with Crippen LogP contribution in [0, 0.1) is 11.3 Å². The summed E-state index contributed by atoms with van der Waals surface area (Å²) in [4.78, 5) is 17.4. The fraction of sp³-hybridized carbons (Fsp3) is 0.125. The molecule has 0 saturated carbocycles. The molecule has 0 bridgehead atoms. The monoisotopic (exact) mass is 382 g/mol. The number of esters is 1. The van der Waals surface area contributed by atoms with Crippen LogP contribution in [0.25, 0.3) is 32.9 Å². The first-order valence-electron chi connectivity index (χ1n) is 9.17. The number of methoxy groups -OCH3 is 1. The third-order valence-corrected chi connectivity index (χ3v) is 4.74. The van der Waals surface area contributed by atoms with E-state index in [2.05, 4.69) is 0 Å². The maximum atomic E-state index is 12.7. The number of carbonyl (C=O) groups excluding carboxylic acids is 1. The Morgan fingerprint density at radius 1 is 1.03 bits per heavy atom. The Kier molecular flexibility index (Phi) is 4.84. The van der Waals surface area contributed by atoms with Crippen LogP contribution in [-0.2, 0) is 4.74 Å². The average Bonchev–Trinajstić information content (AvgIpc) is 2.77. The van der Waals surface area contributed by atoms with Crippen molar-refractivity contribution in [1.29, 1.82) is 5.26 Å². The van der Waals surface area contributed by atoms with Crippen molar-refractivity contribution < 1.29 is 14.3 Å². The molecular weight excluding hydrogens is 364 g/mol. The van der Waals surface area contributed by atoms with Crippen LogP contribution >= 0.6 is 0 Å². The predicted octanol–water partition coefficient (Wildman–Crippen LogP) is 5.13. The van der Waals surface area contributed by atoms with Gasteiger partial charge in [0.2, 0.25) is 0 Å². The number of fused-ring (bicyclic) bond motifs is 2. The second kappa shape index (κ2) is 7.61. The standard InChI is InChI=1S/C24H18N2O3/c1-15(14-25)29-24(27)21-13-23(26-22-6-4-3-5-20(21)22)18-8-7-17-12-19(28-2)10-9-16(17)11-18/h3-13,15H,1-2H3/t15-/m1/s1. The van der Waals surface area contributed by atoms with E-state index in [0.717, 1.165) is 22.1 Å². The molecule has 142 valence electrons. The molecule has 4 rings (SSSR count). The molecule has 0 N–H and O–H groups in total. The fourth-order valence-electron chi connectivity index (χ4n) is 3.25. The van der Waals surface area contributed by atoms with Gasteiger partial charge in [-0.1, -0.05) is 36.4 Å². The lowest BCUT2D eigenvalue weighted by atomic mass is 10.0. The summed E-state index contributed by atoms with van der Waals surface area (Å²) in [6.07, 6.45) is -0.825. The van der Waals surface area contributed by atoms with E-state index >= 15 is 0 Å². The molecule has 0 saturated heterocycles. The van der Waals surface area contributed by atoms with Gasteiger partial charge in [0.05, 0.1) is 23.9 Å². The largest absolute Gasteiger partial charge is 0.497 e. The van der Waals surface area contributed by atoms with E-state index in [-0.39, 0.29) is 0 Å². The van der Waals surface area contributed by atoms with E-state index in [1.807, 2.05) is 66.7 Å². The molecule has 0 amide bonds. The summed E-state index contributed by atoms with van der Waals surface area (Å²) in [5, 5.41) is 11.8. The van der Waals surface area contributed by atoms with Gasteiger partial charge in [-0.2, -0.15) is 5.26 Å². The highest BCUT2D eigenvalue weighted by molar-refractivity contribution is 6.05. The van der Waals surface area contributed by atoms with Crippen LogP contribution in [0.15, 0.2) is 66.7 Å². The van der Waals surface area contributed by atoms with E-state index in [1.54, 1.807) is 20.1 Å². The van der Waals surface area contributed by atoms with Gasteiger partial charge < -0.3 is 9.47 Å². The maximum absolute atomic E-state index is 12.7. The van der Waals surface area contributed by atoms with Crippen molar-refractivity contribution in [2.24, 2.45) is 0 Å². The molecule has 0 aliphatic heterocycles. The van der Waals surface area contributed by atoms with E-state index < -0.39 is 12.1 Å². The van der Waals surface area contributed by atoms with Crippen LogP contribution in [0.4, 0.5) is 0 Å². The average molecular weight is 382 g/mol. The molecular formula is C24H18N2O3. The fourth-order valence-corrected chi connectivity index (χ4v) is 3.25. The van der Waals surface area contributed by atoms with Crippen LogP contribution in [0.3, 0.4) is 0 Å². The lowest BCUT2D eigenvalue weighted by Gasteiger charge is -2.11. The smallest absolute Gasteiger partial charge is 0.340 e. The molecule has 4 aromatic rings. The Labute approximate surface area is 168 Å². The zero-order valence-electron chi connectivity index (χ0n) is 16.0. The number of ether oxygens (including phenoxy) is 2. The van der Waals surface area contributed by atoms with Crippen molar-refractivity contribution in [1.82, 2.24) is 4.98 Å². The minimum Gasteiger partial charge on any atom is -0.497 e. The van der Waals surface area contributed by atoms with Crippen LogP contribution in [0.2, 0.25) is 0 Å². The molecule has 0 unspecified atom stereocenters. The van der Waals surface area contributed by atoms with Gasteiger partial charge in [0.1, 0.15) is 11.8 Å². The number of benzene rings is 3. The number of aromatic nitrogens is 1. The second-order valence-electron chi connectivity index (χ2n) is 6.68. The van der Waals surface area contributed by atoms with Crippen molar-refractivity contribution in [3.63, 3.8) is 0 Å². The number of rotatable bonds is 4. The van der Waals surface area contributed by atoms with E-state index in [0.29, 0.717) is 22.2 Å². The van der Waals surface area contributed by atoms with Crippen molar-refractivity contribution in [3.8, 4) is 23.1 Å². The third-order valence-electron chi connectivity index (χ3n) is 4.74. The molecule has 5 nitrogen and oxygen atoms in total. The lowest BCUT2D eigenvalue weighted by Crippen LogP contribution is -2.14. The molecule has 29 heavy (non-hydrogen) atoms. The number of nitriles is 1. The normalized spacial score (nSPS) is 11.8. The highest BCUT2D eigenvalue weighted by Gasteiger charge is 2.17. The van der Waals surface area contributed by atoms with Gasteiger partial charge in [-0.25, -0.2) is 9.78 Å². The number of hydrogen-bond donors (Lipinski definition) is 0. The first kappa shape index (κ1) is 18.5. The predicted molar refractivity (Wildman–Crippen MR) is 112 cm³/mol. The van der Waals surface area contributed by atoms with Gasteiger partial charge in [0, 0.05) is 10.9 Å². The zero-order valence-corrected chi connectivity index (χ0v) is 16.0. The Morgan fingerprint density at radius 3 is 2.59 bits per heavy atom.